The Hall–Kier alpha value is -2.06. The number of benzene rings is 4. The van der Waals surface area contributed by atoms with E-state index in [0.717, 1.165) is 34.6 Å². The van der Waals surface area contributed by atoms with Crippen LogP contribution in [0.4, 0.5) is 0 Å². The Balaban J connectivity index is 1.76. The summed E-state index contributed by atoms with van der Waals surface area (Å²) in [4.78, 5) is 18.3. The lowest BCUT2D eigenvalue weighted by atomic mass is 9.93. The molecule has 0 spiro atoms. The smallest absolute Gasteiger partial charge is 0.251 e. The van der Waals surface area contributed by atoms with Gasteiger partial charge in [0.25, 0.3) is 5.91 Å². The number of rotatable bonds is 7. The van der Waals surface area contributed by atoms with Crippen molar-refractivity contribution >= 4 is 75.8 Å². The largest absolute Gasteiger partial charge is 0.343 e. The maximum atomic E-state index is 13.3. The summed E-state index contributed by atoms with van der Waals surface area (Å²) >= 11 is 14.0. The summed E-state index contributed by atoms with van der Waals surface area (Å²) in [6.07, 6.45) is 1.86. The summed E-state index contributed by atoms with van der Waals surface area (Å²) in [5, 5.41) is 3.24. The van der Waals surface area contributed by atoms with Crippen molar-refractivity contribution in [1.82, 2.24) is 5.32 Å². The molecule has 0 bridgehead atoms. The molecule has 0 saturated carbocycles. The van der Waals surface area contributed by atoms with E-state index in [1.54, 1.807) is 12.1 Å². The molecule has 0 radical (unpaired) electrons. The van der Waals surface area contributed by atoms with Gasteiger partial charge in [-0.25, -0.2) is 0 Å². The molecule has 3 nitrogen and oxygen atoms in total. The second kappa shape index (κ2) is 12.3. The van der Waals surface area contributed by atoms with Gasteiger partial charge < -0.3 is 5.32 Å². The van der Waals surface area contributed by atoms with E-state index in [2.05, 4.69) is 69.0 Å². The summed E-state index contributed by atoms with van der Waals surface area (Å²) in [5.74, 6) is -0.161. The first-order valence-electron chi connectivity index (χ1n) is 10.7. The topological polar surface area (TPSA) is 41.5 Å². The lowest BCUT2D eigenvalue weighted by Gasteiger charge is -2.27. The van der Waals surface area contributed by atoms with Crippen LogP contribution in [0.15, 0.2) is 120 Å². The van der Waals surface area contributed by atoms with E-state index in [-0.39, 0.29) is 11.9 Å². The minimum Gasteiger partial charge on any atom is -0.343 e. The van der Waals surface area contributed by atoms with Crippen molar-refractivity contribution in [1.29, 1.82) is 0 Å². The lowest BCUT2D eigenvalue weighted by Crippen LogP contribution is -2.32. The van der Waals surface area contributed by atoms with Gasteiger partial charge in [0, 0.05) is 29.7 Å². The van der Waals surface area contributed by atoms with Crippen LogP contribution in [0.2, 0.25) is 0 Å². The molecule has 0 aromatic heterocycles. The predicted molar refractivity (Wildman–Crippen MR) is 157 cm³/mol. The Labute approximate surface area is 238 Å². The Morgan fingerprint density at radius 3 is 1.57 bits per heavy atom. The van der Waals surface area contributed by atoms with E-state index in [1.807, 2.05) is 91.1 Å². The van der Waals surface area contributed by atoms with Crippen LogP contribution in [-0.4, -0.2) is 12.1 Å². The predicted octanol–water partition coefficient (Wildman–Crippen LogP) is 9.07. The van der Waals surface area contributed by atoms with Crippen molar-refractivity contribution in [2.75, 3.05) is 0 Å². The van der Waals surface area contributed by atoms with Gasteiger partial charge in [-0.3, -0.25) is 9.79 Å². The van der Waals surface area contributed by atoms with Gasteiger partial charge in [0.05, 0.1) is 12.1 Å². The van der Waals surface area contributed by atoms with Crippen LogP contribution in [0.3, 0.4) is 0 Å². The Morgan fingerprint density at radius 1 is 0.629 bits per heavy atom. The monoisotopic (exact) mass is 716 g/mol. The zero-order valence-corrected chi connectivity index (χ0v) is 24.7. The fourth-order valence-corrected chi connectivity index (χ4v) is 4.64. The van der Waals surface area contributed by atoms with Crippen molar-refractivity contribution in [2.24, 2.45) is 4.99 Å². The van der Waals surface area contributed by atoms with Gasteiger partial charge in [0.1, 0.15) is 0 Å². The Kier molecular flexibility index (Phi) is 9.11. The highest BCUT2D eigenvalue weighted by Crippen LogP contribution is 2.34. The van der Waals surface area contributed by atoms with Crippen LogP contribution in [0, 0.1) is 0 Å². The highest BCUT2D eigenvalue weighted by molar-refractivity contribution is 9.11. The molecule has 0 aliphatic carbocycles. The van der Waals surface area contributed by atoms with Gasteiger partial charge in [-0.1, -0.05) is 100 Å². The van der Waals surface area contributed by atoms with Gasteiger partial charge in [-0.15, -0.1) is 0 Å². The number of nitrogens with zero attached hydrogens (tertiary/aromatic N) is 1. The molecule has 4 aromatic rings. The molecule has 0 aliphatic rings. The summed E-state index contributed by atoms with van der Waals surface area (Å²) in [7, 11) is 0. The number of amides is 1. The molecule has 0 unspecified atom stereocenters. The van der Waals surface area contributed by atoms with E-state index >= 15 is 0 Å². The van der Waals surface area contributed by atoms with E-state index in [9.17, 15) is 4.79 Å². The molecule has 176 valence electrons. The average molecular weight is 720 g/mol. The quantitative estimate of drug-likeness (QED) is 0.190. The van der Waals surface area contributed by atoms with Crippen molar-refractivity contribution in [3.8, 4) is 0 Å². The highest BCUT2D eigenvalue weighted by atomic mass is 79.9. The molecule has 35 heavy (non-hydrogen) atoms. The normalized spacial score (nSPS) is 12.9. The molecule has 0 heterocycles. The van der Waals surface area contributed by atoms with E-state index in [0.29, 0.717) is 5.56 Å². The number of halogens is 4. The number of carbonyl (C=O) groups excluding carboxylic acids is 1. The average Bonchev–Trinajstić information content (AvgIpc) is 2.86. The van der Waals surface area contributed by atoms with E-state index in [4.69, 9.17) is 4.99 Å². The first-order chi connectivity index (χ1) is 16.9. The van der Waals surface area contributed by atoms with Crippen LogP contribution in [-0.2, 0) is 0 Å². The molecule has 0 aliphatic heterocycles. The van der Waals surface area contributed by atoms with Crippen LogP contribution in [0.5, 0.6) is 0 Å². The van der Waals surface area contributed by atoms with Crippen LogP contribution >= 0.6 is 63.7 Å². The number of nitrogens with one attached hydrogen (secondary N) is 1. The molecule has 1 N–H and O–H groups in total. The molecule has 0 fully saturated rings. The number of hydrogen-bond donors (Lipinski definition) is 1. The molecular formula is C28H20Br4N2O. The summed E-state index contributed by atoms with van der Waals surface area (Å²) in [6, 6.07) is 30.6. The highest BCUT2D eigenvalue weighted by Gasteiger charge is 2.26. The fourth-order valence-electron chi connectivity index (χ4n) is 3.58. The van der Waals surface area contributed by atoms with E-state index in [1.165, 1.54) is 0 Å². The minimum atomic E-state index is -0.396. The maximum absolute atomic E-state index is 13.3. The summed E-state index contributed by atoms with van der Waals surface area (Å²) in [6.45, 7) is 0. The standard InChI is InChI=1S/C28H20Br4N2O/c29-22-9-1-18(2-10-22)17-33-26(19-3-11-23(30)12-4-19)27(20-5-13-24(31)14-6-20)34-28(35)21-7-15-25(32)16-8-21/h1-17,26-27H,(H,34,35)/t26-,27+/m1/s1. The van der Waals surface area contributed by atoms with Gasteiger partial charge in [-0.05, 0) is 77.4 Å². The summed E-state index contributed by atoms with van der Waals surface area (Å²) in [5.41, 5.74) is 3.51. The molecule has 7 heteroatoms. The Bertz CT molecular complexity index is 1300. The first kappa shape index (κ1) is 26.0. The second-order valence-electron chi connectivity index (χ2n) is 7.84. The molecule has 4 aromatic carbocycles. The van der Waals surface area contributed by atoms with Crippen molar-refractivity contribution < 1.29 is 4.79 Å². The van der Waals surface area contributed by atoms with Crippen molar-refractivity contribution in [3.05, 3.63) is 137 Å². The molecule has 4 rings (SSSR count). The molecule has 0 saturated heterocycles. The maximum Gasteiger partial charge on any atom is 0.251 e. The van der Waals surface area contributed by atoms with E-state index < -0.39 is 6.04 Å². The molecule has 2 atom stereocenters. The third-order valence-electron chi connectivity index (χ3n) is 5.40. The molecule has 1 amide bonds. The second-order valence-corrected chi connectivity index (χ2v) is 11.5. The third-order valence-corrected chi connectivity index (χ3v) is 7.52. The van der Waals surface area contributed by atoms with Crippen LogP contribution in [0.25, 0.3) is 0 Å². The van der Waals surface area contributed by atoms with Gasteiger partial charge in [0.15, 0.2) is 0 Å². The summed E-state index contributed by atoms with van der Waals surface area (Å²) < 4.78 is 3.88. The van der Waals surface area contributed by atoms with Crippen molar-refractivity contribution in [3.63, 3.8) is 0 Å². The SMILES string of the molecule is O=C(N[C@@H](c1ccc(Br)cc1)[C@H](N=Cc1ccc(Br)cc1)c1ccc(Br)cc1)c1ccc(Br)cc1. The van der Waals surface area contributed by atoms with Crippen molar-refractivity contribution in [2.45, 2.75) is 12.1 Å². The fraction of sp³-hybridized carbons (Fsp3) is 0.0714. The lowest BCUT2D eigenvalue weighted by molar-refractivity contribution is 0.0930. The zero-order chi connectivity index (χ0) is 24.8. The van der Waals surface area contributed by atoms with Crippen LogP contribution in [0.1, 0.15) is 39.1 Å². The molecular weight excluding hydrogens is 700 g/mol. The Morgan fingerprint density at radius 2 is 1.06 bits per heavy atom. The van der Waals surface area contributed by atoms with Crippen LogP contribution < -0.4 is 5.32 Å². The number of carbonyl (C=O) groups is 1. The number of aliphatic imine (C=N–C) groups is 1. The number of hydrogen-bond acceptors (Lipinski definition) is 2. The van der Waals surface area contributed by atoms with Gasteiger partial charge in [-0.2, -0.15) is 0 Å². The third kappa shape index (κ3) is 7.23. The minimum absolute atomic E-state index is 0.161. The first-order valence-corrected chi connectivity index (χ1v) is 13.9. The van der Waals surface area contributed by atoms with Gasteiger partial charge in [0.2, 0.25) is 0 Å². The zero-order valence-electron chi connectivity index (χ0n) is 18.3. The van der Waals surface area contributed by atoms with Gasteiger partial charge >= 0.3 is 0 Å².